The van der Waals surface area contributed by atoms with Gasteiger partial charge in [0.1, 0.15) is 0 Å². The number of halogens is 1. The molecule has 0 fully saturated rings. The number of thiazole rings is 1. The first kappa shape index (κ1) is 12.8. The van der Waals surface area contributed by atoms with E-state index < -0.39 is 0 Å². The second-order valence-corrected chi connectivity index (χ2v) is 5.04. The fourth-order valence-corrected chi connectivity index (χ4v) is 2.77. The lowest BCUT2D eigenvalue weighted by Crippen LogP contribution is -1.94. The molecule has 18 heavy (non-hydrogen) atoms. The summed E-state index contributed by atoms with van der Waals surface area (Å²) in [7, 11) is 1.46. The highest BCUT2D eigenvalue weighted by Crippen LogP contribution is 2.26. The summed E-state index contributed by atoms with van der Waals surface area (Å²) in [6.07, 6.45) is 1.55. The van der Waals surface area contributed by atoms with Gasteiger partial charge in [0.2, 0.25) is 0 Å². The van der Waals surface area contributed by atoms with Gasteiger partial charge in [-0.05, 0) is 24.1 Å². The Morgan fingerprint density at radius 3 is 2.89 bits per heavy atom. The molecular weight excluding hydrogens is 251 g/mol. The van der Waals surface area contributed by atoms with Crippen molar-refractivity contribution in [3.8, 4) is 5.75 Å². The van der Waals surface area contributed by atoms with Gasteiger partial charge in [-0.1, -0.05) is 13.0 Å². The Bertz CT molecular complexity index is 554. The molecule has 0 unspecified atom stereocenters. The number of methoxy groups -OCH3 is 1. The van der Waals surface area contributed by atoms with E-state index in [1.165, 1.54) is 24.5 Å². The minimum absolute atomic E-state index is 0.267. The molecule has 0 spiro atoms. The van der Waals surface area contributed by atoms with Crippen molar-refractivity contribution in [3.63, 3.8) is 0 Å². The number of aromatic nitrogens is 1. The normalized spacial score (nSPS) is 10.6. The molecule has 2 aromatic rings. The predicted molar refractivity (Wildman–Crippen MR) is 71.7 cm³/mol. The lowest BCUT2D eigenvalue weighted by atomic mass is 10.1. The third-order valence-corrected chi connectivity index (χ3v) is 3.64. The highest BCUT2D eigenvalue weighted by atomic mass is 32.1. The highest BCUT2D eigenvalue weighted by Gasteiger charge is 2.10. The van der Waals surface area contributed by atoms with Crippen LogP contribution in [0.5, 0.6) is 5.75 Å². The number of ether oxygens (including phenoxy) is 1. The molecule has 1 aromatic carbocycles. The average Bonchev–Trinajstić information content (AvgIpc) is 2.72. The molecule has 1 heterocycles. The second kappa shape index (κ2) is 5.35. The lowest BCUT2D eigenvalue weighted by Gasteiger charge is -2.05. The van der Waals surface area contributed by atoms with Crippen molar-refractivity contribution in [2.45, 2.75) is 19.8 Å². The van der Waals surface area contributed by atoms with Crippen LogP contribution in [0.1, 0.15) is 23.1 Å². The number of aryl methyl sites for hydroxylation is 1. The standard InChI is InChI=1S/C13H15FN2OS/c1-3-10-12(18-13(15)16-10)7-8-4-5-9(14)11(6-8)17-2/h4-6H,3,7H2,1-2H3,(H2,15,16). The minimum atomic E-state index is -0.346. The molecule has 0 radical (unpaired) electrons. The molecule has 1 aromatic heterocycles. The van der Waals surface area contributed by atoms with Crippen LogP contribution in [-0.4, -0.2) is 12.1 Å². The summed E-state index contributed by atoms with van der Waals surface area (Å²) >= 11 is 1.48. The third-order valence-electron chi connectivity index (χ3n) is 2.71. The SMILES string of the molecule is CCc1nc(N)sc1Cc1ccc(F)c(OC)c1. The molecule has 0 aliphatic carbocycles. The first-order valence-corrected chi connectivity index (χ1v) is 6.52. The summed E-state index contributed by atoms with van der Waals surface area (Å²) < 4.78 is 18.3. The van der Waals surface area contributed by atoms with Gasteiger partial charge < -0.3 is 10.5 Å². The van der Waals surface area contributed by atoms with E-state index in [2.05, 4.69) is 4.98 Å². The molecule has 0 atom stereocenters. The summed E-state index contributed by atoms with van der Waals surface area (Å²) in [6, 6.07) is 4.89. The number of hydrogen-bond acceptors (Lipinski definition) is 4. The van der Waals surface area contributed by atoms with Crippen LogP contribution >= 0.6 is 11.3 Å². The fraction of sp³-hybridized carbons (Fsp3) is 0.308. The number of benzene rings is 1. The Morgan fingerprint density at radius 1 is 1.44 bits per heavy atom. The predicted octanol–water partition coefficient (Wildman–Crippen LogP) is 3.03. The molecule has 0 aliphatic heterocycles. The van der Waals surface area contributed by atoms with E-state index in [4.69, 9.17) is 10.5 Å². The maximum atomic E-state index is 13.3. The van der Waals surface area contributed by atoms with E-state index in [0.717, 1.165) is 22.6 Å². The molecule has 2 N–H and O–H groups in total. The third kappa shape index (κ3) is 2.61. The zero-order valence-corrected chi connectivity index (χ0v) is 11.2. The van der Waals surface area contributed by atoms with Crippen LogP contribution in [0.15, 0.2) is 18.2 Å². The number of hydrogen-bond donors (Lipinski definition) is 1. The zero-order chi connectivity index (χ0) is 13.1. The number of anilines is 1. The summed E-state index contributed by atoms with van der Waals surface area (Å²) in [5.74, 6) is -0.0798. The monoisotopic (exact) mass is 266 g/mol. The summed E-state index contributed by atoms with van der Waals surface area (Å²) in [4.78, 5) is 5.40. The second-order valence-electron chi connectivity index (χ2n) is 3.92. The van der Waals surface area contributed by atoms with Gasteiger partial charge in [-0.2, -0.15) is 0 Å². The van der Waals surface area contributed by atoms with Crippen LogP contribution < -0.4 is 10.5 Å². The molecule has 0 amide bonds. The maximum absolute atomic E-state index is 13.3. The average molecular weight is 266 g/mol. The van der Waals surface area contributed by atoms with Crippen LogP contribution in [-0.2, 0) is 12.8 Å². The van der Waals surface area contributed by atoms with Gasteiger partial charge in [0.25, 0.3) is 0 Å². The van der Waals surface area contributed by atoms with Crippen molar-refractivity contribution >= 4 is 16.5 Å². The van der Waals surface area contributed by atoms with E-state index in [-0.39, 0.29) is 11.6 Å². The molecule has 3 nitrogen and oxygen atoms in total. The molecule has 96 valence electrons. The number of nitrogen functional groups attached to an aromatic ring is 1. The van der Waals surface area contributed by atoms with Crippen molar-refractivity contribution in [1.82, 2.24) is 4.98 Å². The lowest BCUT2D eigenvalue weighted by molar-refractivity contribution is 0.386. The van der Waals surface area contributed by atoms with Crippen molar-refractivity contribution in [2.75, 3.05) is 12.8 Å². The van der Waals surface area contributed by atoms with Crippen LogP contribution in [0.2, 0.25) is 0 Å². The summed E-state index contributed by atoms with van der Waals surface area (Å²) in [5, 5.41) is 0.580. The van der Waals surface area contributed by atoms with Gasteiger partial charge in [0.15, 0.2) is 16.7 Å². The summed E-state index contributed by atoms with van der Waals surface area (Å²) in [6.45, 7) is 2.04. The minimum Gasteiger partial charge on any atom is -0.494 e. The van der Waals surface area contributed by atoms with Gasteiger partial charge in [-0.25, -0.2) is 9.37 Å². The van der Waals surface area contributed by atoms with Crippen molar-refractivity contribution in [1.29, 1.82) is 0 Å². The number of nitrogens with zero attached hydrogens (tertiary/aromatic N) is 1. The van der Waals surface area contributed by atoms with E-state index in [1.54, 1.807) is 12.1 Å². The van der Waals surface area contributed by atoms with Crippen LogP contribution in [0.3, 0.4) is 0 Å². The quantitative estimate of drug-likeness (QED) is 0.925. The number of nitrogens with two attached hydrogens (primary N) is 1. The first-order chi connectivity index (χ1) is 8.63. The largest absolute Gasteiger partial charge is 0.494 e. The smallest absolute Gasteiger partial charge is 0.180 e. The number of rotatable bonds is 4. The van der Waals surface area contributed by atoms with Gasteiger partial charge in [0.05, 0.1) is 12.8 Å². The molecular formula is C13H15FN2OS. The summed E-state index contributed by atoms with van der Waals surface area (Å²) in [5.41, 5.74) is 7.72. The topological polar surface area (TPSA) is 48.1 Å². The van der Waals surface area contributed by atoms with Gasteiger partial charge in [0, 0.05) is 11.3 Å². The molecule has 2 rings (SSSR count). The van der Waals surface area contributed by atoms with E-state index in [0.29, 0.717) is 11.6 Å². The molecule has 0 bridgehead atoms. The molecule has 0 saturated carbocycles. The van der Waals surface area contributed by atoms with E-state index >= 15 is 0 Å². The van der Waals surface area contributed by atoms with Gasteiger partial charge in [-0.15, -0.1) is 11.3 Å². The van der Waals surface area contributed by atoms with E-state index in [1.807, 2.05) is 6.92 Å². The van der Waals surface area contributed by atoms with Crippen molar-refractivity contribution in [2.24, 2.45) is 0 Å². The van der Waals surface area contributed by atoms with Gasteiger partial charge in [-0.3, -0.25) is 0 Å². The molecule has 5 heteroatoms. The highest BCUT2D eigenvalue weighted by molar-refractivity contribution is 7.15. The van der Waals surface area contributed by atoms with Gasteiger partial charge >= 0.3 is 0 Å². The zero-order valence-electron chi connectivity index (χ0n) is 10.4. The molecule has 0 saturated heterocycles. The Kier molecular flexibility index (Phi) is 3.81. The Hall–Kier alpha value is -1.62. The van der Waals surface area contributed by atoms with Crippen molar-refractivity contribution in [3.05, 3.63) is 40.2 Å². The van der Waals surface area contributed by atoms with Crippen LogP contribution in [0.4, 0.5) is 9.52 Å². The first-order valence-electron chi connectivity index (χ1n) is 5.70. The Balaban J connectivity index is 2.28. The van der Waals surface area contributed by atoms with Crippen LogP contribution in [0.25, 0.3) is 0 Å². The Labute approximate surface area is 109 Å². The van der Waals surface area contributed by atoms with Crippen LogP contribution in [0, 0.1) is 5.82 Å². The van der Waals surface area contributed by atoms with Crippen molar-refractivity contribution < 1.29 is 9.13 Å². The van der Waals surface area contributed by atoms with E-state index in [9.17, 15) is 4.39 Å². The fourth-order valence-electron chi connectivity index (χ4n) is 1.82. The Morgan fingerprint density at radius 2 is 2.22 bits per heavy atom. The maximum Gasteiger partial charge on any atom is 0.180 e. The molecule has 0 aliphatic rings.